The van der Waals surface area contributed by atoms with Gasteiger partial charge >= 0.3 is 6.03 Å². The molecule has 5 nitrogen and oxygen atoms in total. The molecular formula is C18H21FN2O3. The minimum absolute atomic E-state index is 0.213. The fraction of sp³-hybridized carbons (Fsp3) is 0.278. The van der Waals surface area contributed by atoms with Crippen LogP contribution in [0.15, 0.2) is 54.6 Å². The number of likely N-dealkylation sites (N-methyl/N-ethyl adjacent to an activating group) is 1. The maximum absolute atomic E-state index is 13.0. The van der Waals surface area contributed by atoms with Crippen LogP contribution in [0, 0.1) is 5.82 Å². The minimum Gasteiger partial charge on any atom is -0.492 e. The summed E-state index contributed by atoms with van der Waals surface area (Å²) in [7, 11) is 1.69. The molecule has 0 saturated carbocycles. The van der Waals surface area contributed by atoms with E-state index in [0.717, 1.165) is 5.75 Å². The van der Waals surface area contributed by atoms with Gasteiger partial charge in [-0.1, -0.05) is 24.3 Å². The fourth-order valence-corrected chi connectivity index (χ4v) is 1.94. The molecular weight excluding hydrogens is 311 g/mol. The van der Waals surface area contributed by atoms with Gasteiger partial charge in [-0.3, -0.25) is 0 Å². The van der Waals surface area contributed by atoms with Gasteiger partial charge < -0.3 is 19.7 Å². The lowest BCUT2D eigenvalue weighted by atomic mass is 10.3. The van der Waals surface area contributed by atoms with Crippen molar-refractivity contribution in [3.8, 4) is 11.5 Å². The summed E-state index contributed by atoms with van der Waals surface area (Å²) in [6, 6.07) is 15.1. The van der Waals surface area contributed by atoms with Crippen LogP contribution in [0.4, 0.5) is 9.18 Å². The number of urea groups is 1. The Bertz CT molecular complexity index is 637. The molecule has 0 aliphatic rings. The Kier molecular flexibility index (Phi) is 6.89. The number of amides is 2. The van der Waals surface area contributed by atoms with Crippen LogP contribution in [0.2, 0.25) is 0 Å². The lowest BCUT2D eigenvalue weighted by molar-refractivity contribution is 0.192. The fourth-order valence-electron chi connectivity index (χ4n) is 1.94. The zero-order valence-corrected chi connectivity index (χ0v) is 13.6. The summed E-state index contributed by atoms with van der Waals surface area (Å²) in [5.74, 6) is 0.860. The molecule has 2 amide bonds. The Balaban J connectivity index is 1.59. The number of para-hydroxylation sites is 1. The summed E-state index contributed by atoms with van der Waals surface area (Å²) in [6.45, 7) is 1.47. The van der Waals surface area contributed by atoms with Crippen LogP contribution in [0.5, 0.6) is 11.5 Å². The maximum atomic E-state index is 13.0. The highest BCUT2D eigenvalue weighted by atomic mass is 19.1. The van der Waals surface area contributed by atoms with E-state index in [1.54, 1.807) is 19.2 Å². The summed E-state index contributed by atoms with van der Waals surface area (Å²) in [5, 5.41) is 2.73. The third-order valence-electron chi connectivity index (χ3n) is 3.23. The summed E-state index contributed by atoms with van der Waals surface area (Å²) in [5.41, 5.74) is 0. The lowest BCUT2D eigenvalue weighted by Crippen LogP contribution is -2.40. The summed E-state index contributed by atoms with van der Waals surface area (Å²) >= 11 is 0. The molecule has 0 aliphatic carbocycles. The molecule has 1 N–H and O–H groups in total. The van der Waals surface area contributed by atoms with Crippen LogP contribution < -0.4 is 14.8 Å². The van der Waals surface area contributed by atoms with Gasteiger partial charge in [0.25, 0.3) is 0 Å². The SMILES string of the molecule is CN(CCOc1ccccc1)C(=O)NCCOc1cccc(F)c1. The summed E-state index contributed by atoms with van der Waals surface area (Å²) in [6.07, 6.45) is 0. The Labute approximate surface area is 141 Å². The van der Waals surface area contributed by atoms with Crippen molar-refractivity contribution in [2.24, 2.45) is 0 Å². The van der Waals surface area contributed by atoms with Gasteiger partial charge in [0.2, 0.25) is 0 Å². The first-order valence-electron chi connectivity index (χ1n) is 7.70. The minimum atomic E-state index is -0.352. The molecule has 0 fully saturated rings. The van der Waals surface area contributed by atoms with E-state index in [9.17, 15) is 9.18 Å². The van der Waals surface area contributed by atoms with Gasteiger partial charge in [-0.25, -0.2) is 9.18 Å². The number of halogens is 1. The number of carbonyl (C=O) groups excluding carboxylic acids is 1. The highest BCUT2D eigenvalue weighted by Crippen LogP contribution is 2.11. The van der Waals surface area contributed by atoms with E-state index in [-0.39, 0.29) is 18.5 Å². The number of carbonyl (C=O) groups is 1. The van der Waals surface area contributed by atoms with Crippen molar-refractivity contribution in [1.82, 2.24) is 10.2 Å². The molecule has 0 bridgehead atoms. The van der Waals surface area contributed by atoms with Gasteiger partial charge in [0.1, 0.15) is 30.5 Å². The van der Waals surface area contributed by atoms with Crippen LogP contribution in [-0.4, -0.2) is 44.3 Å². The Morgan fingerprint density at radius 2 is 1.75 bits per heavy atom. The molecule has 0 spiro atoms. The molecule has 0 atom stereocenters. The summed E-state index contributed by atoms with van der Waals surface area (Å²) in [4.78, 5) is 13.4. The van der Waals surface area contributed by atoms with E-state index < -0.39 is 0 Å². The largest absolute Gasteiger partial charge is 0.492 e. The molecule has 0 saturated heterocycles. The summed E-state index contributed by atoms with van der Waals surface area (Å²) < 4.78 is 23.9. The molecule has 0 aliphatic heterocycles. The number of nitrogens with zero attached hydrogens (tertiary/aromatic N) is 1. The van der Waals surface area contributed by atoms with E-state index in [1.807, 2.05) is 30.3 Å². The number of rotatable bonds is 8. The average molecular weight is 332 g/mol. The predicted octanol–water partition coefficient (Wildman–Crippen LogP) is 2.92. The lowest BCUT2D eigenvalue weighted by Gasteiger charge is -2.18. The quantitative estimate of drug-likeness (QED) is 0.756. The van der Waals surface area contributed by atoms with Crippen molar-refractivity contribution < 1.29 is 18.7 Å². The third-order valence-corrected chi connectivity index (χ3v) is 3.23. The number of hydrogen-bond donors (Lipinski definition) is 1. The first kappa shape index (κ1) is 17.6. The van der Waals surface area contributed by atoms with Gasteiger partial charge in [0.05, 0.1) is 13.1 Å². The molecule has 0 aromatic heterocycles. The molecule has 6 heteroatoms. The average Bonchev–Trinajstić information content (AvgIpc) is 2.59. The van der Waals surface area contributed by atoms with Gasteiger partial charge in [-0.2, -0.15) is 0 Å². The van der Waals surface area contributed by atoms with Gasteiger partial charge in [0, 0.05) is 13.1 Å². The molecule has 0 radical (unpaired) electrons. The normalized spacial score (nSPS) is 10.1. The monoisotopic (exact) mass is 332 g/mol. The Hall–Kier alpha value is -2.76. The van der Waals surface area contributed by atoms with Crippen molar-refractivity contribution in [2.75, 3.05) is 33.4 Å². The van der Waals surface area contributed by atoms with Crippen LogP contribution in [0.25, 0.3) is 0 Å². The zero-order valence-electron chi connectivity index (χ0n) is 13.6. The van der Waals surface area contributed by atoms with Gasteiger partial charge in [-0.05, 0) is 24.3 Å². The topological polar surface area (TPSA) is 50.8 Å². The molecule has 128 valence electrons. The van der Waals surface area contributed by atoms with E-state index in [2.05, 4.69) is 5.32 Å². The number of ether oxygens (including phenoxy) is 2. The van der Waals surface area contributed by atoms with Crippen LogP contribution in [-0.2, 0) is 0 Å². The smallest absolute Gasteiger partial charge is 0.317 e. The Morgan fingerprint density at radius 1 is 1.04 bits per heavy atom. The highest BCUT2D eigenvalue weighted by Gasteiger charge is 2.07. The second-order valence-electron chi connectivity index (χ2n) is 5.12. The van der Waals surface area contributed by atoms with Gasteiger partial charge in [-0.15, -0.1) is 0 Å². The maximum Gasteiger partial charge on any atom is 0.317 e. The van der Waals surface area contributed by atoms with Crippen molar-refractivity contribution in [3.05, 3.63) is 60.4 Å². The molecule has 0 heterocycles. The molecule has 2 aromatic rings. The van der Waals surface area contributed by atoms with Crippen molar-refractivity contribution in [3.63, 3.8) is 0 Å². The van der Waals surface area contributed by atoms with E-state index in [0.29, 0.717) is 25.4 Å². The van der Waals surface area contributed by atoms with Crippen LogP contribution in [0.3, 0.4) is 0 Å². The van der Waals surface area contributed by atoms with E-state index in [4.69, 9.17) is 9.47 Å². The molecule has 0 unspecified atom stereocenters. The predicted molar refractivity (Wildman–Crippen MR) is 89.9 cm³/mol. The third kappa shape index (κ3) is 6.16. The number of nitrogens with one attached hydrogen (secondary N) is 1. The molecule has 2 aromatic carbocycles. The van der Waals surface area contributed by atoms with Crippen molar-refractivity contribution in [2.45, 2.75) is 0 Å². The standard InChI is InChI=1S/C18H21FN2O3/c1-21(11-13-24-16-7-3-2-4-8-16)18(22)20-10-12-23-17-9-5-6-15(19)14-17/h2-9,14H,10-13H2,1H3,(H,20,22). The first-order valence-corrected chi connectivity index (χ1v) is 7.70. The van der Waals surface area contributed by atoms with E-state index >= 15 is 0 Å². The first-order chi connectivity index (χ1) is 11.6. The second-order valence-corrected chi connectivity index (χ2v) is 5.12. The van der Waals surface area contributed by atoms with Crippen molar-refractivity contribution >= 4 is 6.03 Å². The zero-order chi connectivity index (χ0) is 17.2. The second kappa shape index (κ2) is 9.39. The number of benzene rings is 2. The van der Waals surface area contributed by atoms with Crippen LogP contribution >= 0.6 is 0 Å². The van der Waals surface area contributed by atoms with Gasteiger partial charge in [0.15, 0.2) is 0 Å². The van der Waals surface area contributed by atoms with Crippen molar-refractivity contribution in [1.29, 1.82) is 0 Å². The number of hydrogen-bond acceptors (Lipinski definition) is 3. The van der Waals surface area contributed by atoms with E-state index in [1.165, 1.54) is 17.0 Å². The Morgan fingerprint density at radius 3 is 2.50 bits per heavy atom. The highest BCUT2D eigenvalue weighted by molar-refractivity contribution is 5.73. The molecule has 2 rings (SSSR count). The van der Waals surface area contributed by atoms with Crippen LogP contribution in [0.1, 0.15) is 0 Å². The molecule has 24 heavy (non-hydrogen) atoms.